The third-order valence-corrected chi connectivity index (χ3v) is 5.04. The quantitative estimate of drug-likeness (QED) is 0.227. The van der Waals surface area contributed by atoms with Gasteiger partial charge in [0.1, 0.15) is 0 Å². The Balaban J connectivity index is 0. The summed E-state index contributed by atoms with van der Waals surface area (Å²) in [6.07, 6.45) is 16.9. The van der Waals surface area contributed by atoms with Gasteiger partial charge in [0, 0.05) is 12.2 Å². The van der Waals surface area contributed by atoms with Crippen molar-refractivity contribution in [2.24, 2.45) is 0 Å². The third kappa shape index (κ3) is 15.7. The summed E-state index contributed by atoms with van der Waals surface area (Å²) >= 11 is 0. The molecular formula is C23H39NNa2O4. The molecule has 0 aromatic heterocycles. The Hall–Kier alpha value is -0.0400. The van der Waals surface area contributed by atoms with Gasteiger partial charge in [0.15, 0.2) is 0 Å². The van der Waals surface area contributed by atoms with Crippen LogP contribution < -0.4 is 5.32 Å². The van der Waals surface area contributed by atoms with Crippen molar-refractivity contribution in [3.63, 3.8) is 0 Å². The van der Waals surface area contributed by atoms with Crippen molar-refractivity contribution in [2.45, 2.75) is 90.4 Å². The van der Waals surface area contributed by atoms with Crippen LogP contribution in [0.15, 0.2) is 18.2 Å². The van der Waals surface area contributed by atoms with Gasteiger partial charge in [-0.3, -0.25) is 0 Å². The molecular weight excluding hydrogens is 400 g/mol. The molecule has 162 valence electrons. The van der Waals surface area contributed by atoms with Crippen LogP contribution in [0.3, 0.4) is 0 Å². The molecule has 30 heavy (non-hydrogen) atoms. The topological polar surface area (TPSA) is 86.6 Å². The van der Waals surface area contributed by atoms with Gasteiger partial charge in [0.2, 0.25) is 0 Å². The van der Waals surface area contributed by atoms with E-state index in [9.17, 15) is 9.59 Å². The predicted molar refractivity (Wildman–Crippen MR) is 129 cm³/mol. The molecule has 7 heteroatoms. The standard InChI is InChI=1S/C23H37NO4.2Na.2H/c1-2-3-4-5-6-7-8-9-10-11-12-13-14-15-24-21-17-19(22(25)26)16-20(18-21)23(27)28;;;;/h16-18,24H,2-15H2,1H3,(H,25,26)(H,27,28);;;;. The van der Waals surface area contributed by atoms with Crippen LogP contribution in [0.5, 0.6) is 0 Å². The molecule has 1 rings (SSSR count). The molecule has 0 radical (unpaired) electrons. The van der Waals surface area contributed by atoms with Gasteiger partial charge in [-0.2, -0.15) is 0 Å². The second-order valence-electron chi connectivity index (χ2n) is 7.58. The van der Waals surface area contributed by atoms with Crippen LogP contribution in [-0.4, -0.2) is 87.8 Å². The van der Waals surface area contributed by atoms with Gasteiger partial charge in [-0.25, -0.2) is 9.59 Å². The van der Waals surface area contributed by atoms with Gasteiger partial charge in [-0.1, -0.05) is 84.0 Å². The van der Waals surface area contributed by atoms with E-state index in [2.05, 4.69) is 12.2 Å². The molecule has 0 aliphatic heterocycles. The van der Waals surface area contributed by atoms with Crippen molar-refractivity contribution in [3.8, 4) is 0 Å². The molecule has 1 aromatic carbocycles. The van der Waals surface area contributed by atoms with Crippen LogP contribution in [0, 0.1) is 0 Å². The van der Waals surface area contributed by atoms with Crippen molar-refractivity contribution in [1.29, 1.82) is 0 Å². The van der Waals surface area contributed by atoms with Crippen molar-refractivity contribution < 1.29 is 19.8 Å². The Morgan fingerprint density at radius 2 is 1.03 bits per heavy atom. The van der Waals surface area contributed by atoms with E-state index < -0.39 is 11.9 Å². The molecule has 3 N–H and O–H groups in total. The van der Waals surface area contributed by atoms with E-state index in [4.69, 9.17) is 10.2 Å². The molecule has 0 amide bonds. The number of hydrogen-bond donors (Lipinski definition) is 3. The number of carboxylic acid groups (broad SMARTS) is 2. The molecule has 0 atom stereocenters. The van der Waals surface area contributed by atoms with Gasteiger partial charge < -0.3 is 15.5 Å². The first-order valence-electron chi connectivity index (χ1n) is 10.9. The summed E-state index contributed by atoms with van der Waals surface area (Å²) in [6.45, 7) is 2.97. The number of benzene rings is 1. The summed E-state index contributed by atoms with van der Waals surface area (Å²) in [7, 11) is 0. The molecule has 0 fully saturated rings. The molecule has 0 saturated carbocycles. The van der Waals surface area contributed by atoms with Crippen LogP contribution in [0.1, 0.15) is 111 Å². The van der Waals surface area contributed by atoms with E-state index >= 15 is 0 Å². The first-order chi connectivity index (χ1) is 13.5. The summed E-state index contributed by atoms with van der Waals surface area (Å²) in [5, 5.41) is 21.3. The van der Waals surface area contributed by atoms with Gasteiger partial charge in [0.25, 0.3) is 0 Å². The molecule has 0 spiro atoms. The van der Waals surface area contributed by atoms with Gasteiger partial charge in [-0.15, -0.1) is 0 Å². The monoisotopic (exact) mass is 439 g/mol. The van der Waals surface area contributed by atoms with Gasteiger partial charge in [0.05, 0.1) is 11.1 Å². The van der Waals surface area contributed by atoms with Crippen LogP contribution in [0.2, 0.25) is 0 Å². The predicted octanol–water partition coefficient (Wildman–Crippen LogP) is 5.29. The van der Waals surface area contributed by atoms with E-state index in [0.29, 0.717) is 5.69 Å². The average molecular weight is 440 g/mol. The second-order valence-corrected chi connectivity index (χ2v) is 7.58. The Labute approximate surface area is 226 Å². The minimum atomic E-state index is -1.12. The fourth-order valence-corrected chi connectivity index (χ4v) is 3.35. The first kappa shape index (κ1) is 32.1. The van der Waals surface area contributed by atoms with E-state index in [1.165, 1.54) is 88.8 Å². The molecule has 0 aliphatic rings. The van der Waals surface area contributed by atoms with Crippen molar-refractivity contribution in [3.05, 3.63) is 29.3 Å². The number of rotatable bonds is 17. The molecule has 0 unspecified atom stereocenters. The summed E-state index contributed by atoms with van der Waals surface area (Å²) in [6, 6.07) is 4.15. The number of aromatic carboxylic acids is 2. The van der Waals surface area contributed by atoms with Crippen molar-refractivity contribution >= 4 is 76.7 Å². The zero-order valence-electron chi connectivity index (χ0n) is 17.3. The summed E-state index contributed by atoms with van der Waals surface area (Å²) in [4.78, 5) is 22.2. The summed E-state index contributed by atoms with van der Waals surface area (Å²) < 4.78 is 0. The van der Waals surface area contributed by atoms with Crippen molar-refractivity contribution in [1.82, 2.24) is 0 Å². The van der Waals surface area contributed by atoms with E-state index in [-0.39, 0.29) is 70.2 Å². The van der Waals surface area contributed by atoms with Crippen LogP contribution >= 0.6 is 0 Å². The van der Waals surface area contributed by atoms with E-state index in [1.54, 1.807) is 0 Å². The van der Waals surface area contributed by atoms with Crippen molar-refractivity contribution in [2.75, 3.05) is 11.9 Å². The number of carboxylic acids is 2. The number of carbonyl (C=O) groups is 2. The Morgan fingerprint density at radius 3 is 1.40 bits per heavy atom. The zero-order valence-corrected chi connectivity index (χ0v) is 17.3. The fourth-order valence-electron chi connectivity index (χ4n) is 3.35. The Bertz CT molecular complexity index is 564. The molecule has 5 nitrogen and oxygen atoms in total. The molecule has 0 bridgehead atoms. The number of unbranched alkanes of at least 4 members (excludes halogenated alkanes) is 12. The summed E-state index contributed by atoms with van der Waals surface area (Å²) in [5.74, 6) is -2.24. The zero-order chi connectivity index (χ0) is 20.6. The second kappa shape index (κ2) is 20.8. The molecule has 0 aliphatic carbocycles. The van der Waals surface area contributed by atoms with Crippen LogP contribution in [-0.2, 0) is 0 Å². The van der Waals surface area contributed by atoms with Gasteiger partial charge >= 0.3 is 71.1 Å². The Morgan fingerprint density at radius 1 is 0.667 bits per heavy atom. The normalized spacial score (nSPS) is 10.0. The first-order valence-corrected chi connectivity index (χ1v) is 10.9. The third-order valence-electron chi connectivity index (χ3n) is 5.04. The van der Waals surface area contributed by atoms with Crippen LogP contribution in [0.4, 0.5) is 5.69 Å². The van der Waals surface area contributed by atoms with Crippen LogP contribution in [0.25, 0.3) is 0 Å². The Kier molecular flexibility index (Phi) is 22.3. The fraction of sp³-hybridized carbons (Fsp3) is 0.652. The number of nitrogens with one attached hydrogen (secondary N) is 1. The maximum atomic E-state index is 11.1. The number of hydrogen-bond acceptors (Lipinski definition) is 3. The number of anilines is 1. The minimum absolute atomic E-state index is 0. The molecule has 0 saturated heterocycles. The molecule has 0 heterocycles. The summed E-state index contributed by atoms with van der Waals surface area (Å²) in [5.41, 5.74) is 0.539. The SMILES string of the molecule is CCCCCCCCCCCCCCCNc1cc(C(=O)O)cc(C(=O)O)c1.[NaH].[NaH]. The average Bonchev–Trinajstić information content (AvgIpc) is 2.68. The van der Waals surface area contributed by atoms with E-state index in [0.717, 1.165) is 19.4 Å². The molecule has 1 aromatic rings. The van der Waals surface area contributed by atoms with E-state index in [1.807, 2.05) is 0 Å². The van der Waals surface area contributed by atoms with Gasteiger partial charge in [-0.05, 0) is 24.6 Å². The maximum absolute atomic E-state index is 11.1.